The molecule has 68 valence electrons. The van der Waals surface area contributed by atoms with Crippen molar-refractivity contribution in [3.8, 4) is 0 Å². The first kappa shape index (κ1) is 9.32. The molecule has 0 aliphatic heterocycles. The van der Waals surface area contributed by atoms with Crippen LogP contribution in [0.2, 0.25) is 0 Å². The van der Waals surface area contributed by atoms with E-state index in [-0.39, 0.29) is 12.3 Å². The fourth-order valence-corrected chi connectivity index (χ4v) is 1.75. The topological polar surface area (TPSA) is 60.2 Å². The zero-order valence-corrected chi connectivity index (χ0v) is 6.70. The summed E-state index contributed by atoms with van der Waals surface area (Å²) >= 11 is 0. The van der Waals surface area contributed by atoms with Crippen molar-refractivity contribution in [2.24, 2.45) is 17.6 Å². The lowest BCUT2D eigenvalue weighted by Crippen LogP contribution is -2.10. The highest BCUT2D eigenvalue weighted by atomic mass is 19.1. The highest BCUT2D eigenvalue weighted by molar-refractivity contribution is 5.71. The monoisotopic (exact) mass is 173 g/mol. The van der Waals surface area contributed by atoms with Crippen molar-refractivity contribution < 1.29 is 14.0 Å². The second kappa shape index (κ2) is 3.31. The van der Waals surface area contributed by atoms with Gasteiger partial charge >= 0.3 is 0 Å². The first-order valence-corrected chi connectivity index (χ1v) is 3.99. The van der Waals surface area contributed by atoms with E-state index in [9.17, 15) is 14.0 Å². The molecule has 0 spiro atoms. The van der Waals surface area contributed by atoms with E-state index in [1.807, 2.05) is 0 Å². The summed E-state index contributed by atoms with van der Waals surface area (Å²) < 4.78 is 13.3. The van der Waals surface area contributed by atoms with Gasteiger partial charge in [-0.3, -0.25) is 4.79 Å². The van der Waals surface area contributed by atoms with Gasteiger partial charge in [0.25, 0.3) is 0 Å². The average Bonchev–Trinajstić information content (AvgIpc) is 2.61. The van der Waals surface area contributed by atoms with Crippen LogP contribution >= 0.6 is 0 Å². The summed E-state index contributed by atoms with van der Waals surface area (Å²) in [6, 6.07) is 0. The molecular formula is C8H12FNO2. The molecule has 0 saturated heterocycles. The van der Waals surface area contributed by atoms with Crippen LogP contribution in [-0.2, 0) is 9.59 Å². The third-order valence-electron chi connectivity index (χ3n) is 2.52. The number of hydrogen-bond donors (Lipinski definition) is 1. The molecule has 2 N–H and O–H groups in total. The van der Waals surface area contributed by atoms with Gasteiger partial charge in [0.1, 0.15) is 6.29 Å². The molecule has 0 unspecified atom stereocenters. The zero-order chi connectivity index (χ0) is 9.19. The van der Waals surface area contributed by atoms with Gasteiger partial charge in [0.2, 0.25) is 0 Å². The van der Waals surface area contributed by atoms with E-state index in [4.69, 9.17) is 5.73 Å². The maximum atomic E-state index is 13.3. The number of rotatable bonds is 5. The minimum Gasteiger partial charge on any atom is -0.330 e. The van der Waals surface area contributed by atoms with Crippen molar-refractivity contribution >= 4 is 12.6 Å². The fraction of sp³-hybridized carbons (Fsp3) is 0.750. The van der Waals surface area contributed by atoms with Crippen molar-refractivity contribution in [2.75, 3.05) is 6.54 Å². The molecule has 3 nitrogen and oxygen atoms in total. The van der Waals surface area contributed by atoms with Crippen molar-refractivity contribution in [1.29, 1.82) is 0 Å². The van der Waals surface area contributed by atoms with Gasteiger partial charge in [-0.1, -0.05) is 0 Å². The van der Waals surface area contributed by atoms with Crippen LogP contribution in [0.15, 0.2) is 0 Å². The molecule has 0 radical (unpaired) electrons. The molecule has 0 aromatic carbocycles. The maximum Gasteiger partial charge on any atom is 0.172 e. The normalized spacial score (nSPS) is 39.2. The van der Waals surface area contributed by atoms with E-state index < -0.39 is 11.6 Å². The van der Waals surface area contributed by atoms with Gasteiger partial charge < -0.3 is 10.5 Å². The SMILES string of the molecule is NCC[C@@H]1[C@H](CC=O)[C@@]1(F)C=O. The van der Waals surface area contributed by atoms with Crippen molar-refractivity contribution in [1.82, 2.24) is 0 Å². The number of carbonyl (C=O) groups excluding carboxylic acids is 2. The van der Waals surface area contributed by atoms with Gasteiger partial charge in [-0.2, -0.15) is 0 Å². The molecule has 0 heterocycles. The summed E-state index contributed by atoms with van der Waals surface area (Å²) in [7, 11) is 0. The summed E-state index contributed by atoms with van der Waals surface area (Å²) in [6.45, 7) is 0.361. The van der Waals surface area contributed by atoms with Crippen molar-refractivity contribution in [2.45, 2.75) is 18.5 Å². The molecule has 3 atom stereocenters. The van der Waals surface area contributed by atoms with E-state index in [2.05, 4.69) is 0 Å². The van der Waals surface area contributed by atoms with Crippen LogP contribution in [0.5, 0.6) is 0 Å². The van der Waals surface area contributed by atoms with Crippen LogP contribution in [0, 0.1) is 11.8 Å². The molecule has 12 heavy (non-hydrogen) atoms. The van der Waals surface area contributed by atoms with Crippen LogP contribution in [0.25, 0.3) is 0 Å². The molecule has 1 aliphatic rings. The molecule has 1 fully saturated rings. The highest BCUT2D eigenvalue weighted by Crippen LogP contribution is 2.55. The number of hydrogen-bond acceptors (Lipinski definition) is 3. The van der Waals surface area contributed by atoms with Crippen LogP contribution in [0.3, 0.4) is 0 Å². The Morgan fingerprint density at radius 3 is 2.50 bits per heavy atom. The Balaban J connectivity index is 2.53. The standard InChI is InChI=1S/C8H12FNO2/c9-8(5-12)6(1-3-10)7(8)2-4-11/h4-7H,1-3,10H2/t6-,7+,8-/m1/s1. The van der Waals surface area contributed by atoms with Crippen LogP contribution in [-0.4, -0.2) is 24.8 Å². The molecular weight excluding hydrogens is 161 g/mol. The molecule has 0 bridgehead atoms. The Morgan fingerprint density at radius 2 is 2.08 bits per heavy atom. The molecule has 1 aliphatic carbocycles. The Morgan fingerprint density at radius 1 is 1.42 bits per heavy atom. The van der Waals surface area contributed by atoms with Gasteiger partial charge in [0, 0.05) is 18.3 Å². The second-order valence-corrected chi connectivity index (χ2v) is 3.14. The van der Waals surface area contributed by atoms with Crippen molar-refractivity contribution in [3.63, 3.8) is 0 Å². The third kappa shape index (κ3) is 1.27. The molecule has 0 amide bonds. The van der Waals surface area contributed by atoms with Crippen molar-refractivity contribution in [3.05, 3.63) is 0 Å². The first-order valence-electron chi connectivity index (χ1n) is 3.99. The summed E-state index contributed by atoms with van der Waals surface area (Å²) in [6.07, 6.45) is 1.56. The van der Waals surface area contributed by atoms with Crippen LogP contribution in [0.1, 0.15) is 12.8 Å². The first-order chi connectivity index (χ1) is 5.70. The van der Waals surface area contributed by atoms with Gasteiger partial charge in [-0.15, -0.1) is 0 Å². The predicted octanol–water partition coefficient (Wildman–Crippen LogP) is 0.0774. The lowest BCUT2D eigenvalue weighted by molar-refractivity contribution is -0.114. The number of nitrogens with two attached hydrogens (primary N) is 1. The van der Waals surface area contributed by atoms with Crippen LogP contribution in [0.4, 0.5) is 4.39 Å². The number of alkyl halides is 1. The third-order valence-corrected chi connectivity index (χ3v) is 2.52. The smallest absolute Gasteiger partial charge is 0.172 e. The summed E-state index contributed by atoms with van der Waals surface area (Å²) in [4.78, 5) is 20.4. The van der Waals surface area contributed by atoms with Crippen LogP contribution < -0.4 is 5.73 Å². The largest absolute Gasteiger partial charge is 0.330 e. The molecule has 0 aromatic rings. The van der Waals surface area contributed by atoms with Gasteiger partial charge in [0.15, 0.2) is 12.0 Å². The van der Waals surface area contributed by atoms with Gasteiger partial charge in [-0.25, -0.2) is 4.39 Å². The minimum atomic E-state index is -1.76. The van der Waals surface area contributed by atoms with E-state index in [1.165, 1.54) is 0 Å². The summed E-state index contributed by atoms with van der Waals surface area (Å²) in [5.74, 6) is -0.749. The van der Waals surface area contributed by atoms with E-state index >= 15 is 0 Å². The fourth-order valence-electron chi connectivity index (χ4n) is 1.75. The lowest BCUT2D eigenvalue weighted by Gasteiger charge is -1.93. The Bertz CT molecular complexity index is 197. The maximum absolute atomic E-state index is 13.3. The lowest BCUT2D eigenvalue weighted by atomic mass is 10.2. The molecule has 4 heteroatoms. The van der Waals surface area contributed by atoms with Gasteiger partial charge in [-0.05, 0) is 13.0 Å². The average molecular weight is 173 g/mol. The number of carbonyl (C=O) groups is 2. The highest BCUT2D eigenvalue weighted by Gasteiger charge is 2.65. The Kier molecular flexibility index (Phi) is 2.57. The zero-order valence-electron chi connectivity index (χ0n) is 6.70. The van der Waals surface area contributed by atoms with Gasteiger partial charge in [0.05, 0.1) is 0 Å². The molecule has 1 rings (SSSR count). The summed E-state index contributed by atoms with van der Waals surface area (Å²) in [5, 5.41) is 0. The molecule has 1 saturated carbocycles. The number of aldehydes is 2. The molecule has 0 aromatic heterocycles. The predicted molar refractivity (Wildman–Crippen MR) is 41.2 cm³/mol. The quantitative estimate of drug-likeness (QED) is 0.599. The Labute approximate surface area is 70.1 Å². The summed E-state index contributed by atoms with van der Waals surface area (Å²) in [5.41, 5.74) is 3.47. The Hall–Kier alpha value is -0.770. The number of halogens is 1. The minimum absolute atomic E-state index is 0.125. The van der Waals surface area contributed by atoms with E-state index in [0.29, 0.717) is 25.5 Å². The van der Waals surface area contributed by atoms with E-state index in [1.54, 1.807) is 0 Å². The van der Waals surface area contributed by atoms with E-state index in [0.717, 1.165) is 0 Å². The second-order valence-electron chi connectivity index (χ2n) is 3.14.